The molecule has 1 heterocycles. The quantitative estimate of drug-likeness (QED) is 0.872. The predicted octanol–water partition coefficient (Wildman–Crippen LogP) is 2.93. The Morgan fingerprint density at radius 2 is 2.33 bits per heavy atom. The monoisotopic (exact) mass is 224 g/mol. The molecule has 0 saturated heterocycles. The Balaban J connectivity index is 2.46. The fourth-order valence-corrected chi connectivity index (χ4v) is 1.70. The first-order chi connectivity index (χ1) is 7.24. The van der Waals surface area contributed by atoms with Crippen LogP contribution in [-0.2, 0) is 0 Å². The molecule has 0 radical (unpaired) electrons. The van der Waals surface area contributed by atoms with E-state index < -0.39 is 0 Å². The number of nitrogens with two attached hydrogens (primary N) is 1. The average Bonchev–Trinajstić information content (AvgIpc) is 2.62. The maximum atomic E-state index is 5.86. The van der Waals surface area contributed by atoms with E-state index in [0.717, 1.165) is 17.5 Å². The molecule has 2 rings (SSSR count). The first-order valence-electron chi connectivity index (χ1n) is 5.00. The van der Waals surface area contributed by atoms with Gasteiger partial charge in [0, 0.05) is 23.6 Å². The van der Waals surface area contributed by atoms with Gasteiger partial charge in [-0.2, -0.15) is 0 Å². The molecule has 0 amide bonds. The van der Waals surface area contributed by atoms with E-state index in [0.29, 0.717) is 17.5 Å². The van der Waals surface area contributed by atoms with E-state index in [9.17, 15) is 0 Å². The fraction of sp³-hybridized carbons (Fsp3) is 0.364. The normalized spacial score (nSPS) is 13.3. The van der Waals surface area contributed by atoms with Gasteiger partial charge in [-0.15, -0.1) is 0 Å². The second kappa shape index (κ2) is 4.21. The highest BCUT2D eigenvalue weighted by molar-refractivity contribution is 6.31. The minimum atomic E-state index is 0.191. The highest BCUT2D eigenvalue weighted by Gasteiger charge is 2.14. The van der Waals surface area contributed by atoms with E-state index in [2.05, 4.69) is 11.9 Å². The molecule has 0 aliphatic carbocycles. The first-order valence-corrected chi connectivity index (χ1v) is 5.38. The number of halogens is 1. The van der Waals surface area contributed by atoms with E-state index >= 15 is 0 Å². The van der Waals surface area contributed by atoms with Crippen LogP contribution in [0.5, 0.6) is 0 Å². The summed E-state index contributed by atoms with van der Waals surface area (Å²) in [5, 5.41) is 0.658. The smallest absolute Gasteiger partial charge is 0.199 e. The molecule has 1 unspecified atom stereocenters. The molecule has 2 N–H and O–H groups in total. The van der Waals surface area contributed by atoms with E-state index in [1.54, 1.807) is 12.1 Å². The Morgan fingerprint density at radius 3 is 3.00 bits per heavy atom. The highest BCUT2D eigenvalue weighted by Crippen LogP contribution is 2.25. The number of nitrogens with zero attached hydrogens (tertiary/aromatic N) is 1. The molecule has 0 saturated carbocycles. The molecule has 1 aromatic heterocycles. The first kappa shape index (κ1) is 10.5. The number of hydrogen-bond acceptors (Lipinski definition) is 3. The Hall–Kier alpha value is -1.06. The van der Waals surface area contributed by atoms with Gasteiger partial charge in [-0.1, -0.05) is 18.5 Å². The van der Waals surface area contributed by atoms with Crippen LogP contribution in [0.1, 0.15) is 25.2 Å². The zero-order chi connectivity index (χ0) is 10.8. The van der Waals surface area contributed by atoms with Crippen molar-refractivity contribution in [1.29, 1.82) is 0 Å². The fourth-order valence-electron chi connectivity index (χ4n) is 1.53. The van der Waals surface area contributed by atoms with Crippen molar-refractivity contribution in [2.45, 2.75) is 19.3 Å². The van der Waals surface area contributed by atoms with Crippen molar-refractivity contribution < 1.29 is 4.42 Å². The van der Waals surface area contributed by atoms with Gasteiger partial charge < -0.3 is 10.2 Å². The zero-order valence-corrected chi connectivity index (χ0v) is 9.29. The van der Waals surface area contributed by atoms with E-state index in [1.165, 1.54) is 0 Å². The second-order valence-electron chi connectivity index (χ2n) is 3.51. The van der Waals surface area contributed by atoms with Gasteiger partial charge in [0.25, 0.3) is 0 Å². The standard InChI is InChI=1S/C11H13ClN2O/c1-2-7(6-13)11-14-9-4-3-8(12)5-10(9)15-11/h3-5,7H,2,6,13H2,1H3. The van der Waals surface area contributed by atoms with Crippen molar-refractivity contribution in [1.82, 2.24) is 4.98 Å². The molecule has 3 nitrogen and oxygen atoms in total. The second-order valence-corrected chi connectivity index (χ2v) is 3.94. The van der Waals surface area contributed by atoms with Crippen molar-refractivity contribution in [3.63, 3.8) is 0 Å². The van der Waals surface area contributed by atoms with Crippen LogP contribution in [0.15, 0.2) is 22.6 Å². The molecular formula is C11H13ClN2O. The maximum Gasteiger partial charge on any atom is 0.199 e. The van der Waals surface area contributed by atoms with Crippen LogP contribution in [0.4, 0.5) is 0 Å². The summed E-state index contributed by atoms with van der Waals surface area (Å²) in [6, 6.07) is 5.43. The SMILES string of the molecule is CCC(CN)c1nc2ccc(Cl)cc2o1. The summed E-state index contributed by atoms with van der Waals surface area (Å²) in [5.41, 5.74) is 7.20. The molecule has 2 aromatic rings. The Labute approximate surface area is 93.2 Å². The van der Waals surface area contributed by atoms with Crippen LogP contribution in [0, 0.1) is 0 Å². The molecular weight excluding hydrogens is 212 g/mol. The summed E-state index contributed by atoms with van der Waals surface area (Å²) in [5.74, 6) is 0.897. The van der Waals surface area contributed by atoms with Gasteiger partial charge in [-0.05, 0) is 18.6 Å². The molecule has 0 aliphatic heterocycles. The summed E-state index contributed by atoms with van der Waals surface area (Å²) >= 11 is 5.86. The van der Waals surface area contributed by atoms with Crippen LogP contribution in [0.3, 0.4) is 0 Å². The maximum absolute atomic E-state index is 5.86. The van der Waals surface area contributed by atoms with Gasteiger partial charge in [-0.3, -0.25) is 0 Å². The Morgan fingerprint density at radius 1 is 1.53 bits per heavy atom. The van der Waals surface area contributed by atoms with Gasteiger partial charge in [-0.25, -0.2) is 4.98 Å². The molecule has 0 spiro atoms. The zero-order valence-electron chi connectivity index (χ0n) is 8.53. The average molecular weight is 225 g/mol. The molecule has 0 fully saturated rings. The lowest BCUT2D eigenvalue weighted by Gasteiger charge is -2.05. The third-order valence-corrected chi connectivity index (χ3v) is 2.73. The molecule has 4 heteroatoms. The predicted molar refractivity (Wildman–Crippen MR) is 61.1 cm³/mol. The molecule has 1 atom stereocenters. The number of oxazole rings is 1. The molecule has 15 heavy (non-hydrogen) atoms. The Bertz CT molecular complexity index is 463. The van der Waals surface area contributed by atoms with Crippen LogP contribution < -0.4 is 5.73 Å². The minimum Gasteiger partial charge on any atom is -0.440 e. The molecule has 80 valence electrons. The summed E-state index contributed by atoms with van der Waals surface area (Å²) < 4.78 is 5.62. The topological polar surface area (TPSA) is 52.0 Å². The number of rotatable bonds is 3. The largest absolute Gasteiger partial charge is 0.440 e. The lowest BCUT2D eigenvalue weighted by atomic mass is 10.1. The lowest BCUT2D eigenvalue weighted by molar-refractivity contribution is 0.465. The van der Waals surface area contributed by atoms with Crippen molar-refractivity contribution in [3.05, 3.63) is 29.1 Å². The van der Waals surface area contributed by atoms with Gasteiger partial charge in [0.1, 0.15) is 5.52 Å². The van der Waals surface area contributed by atoms with Gasteiger partial charge in [0.15, 0.2) is 11.5 Å². The van der Waals surface area contributed by atoms with Gasteiger partial charge in [0.2, 0.25) is 0 Å². The van der Waals surface area contributed by atoms with Gasteiger partial charge in [0.05, 0.1) is 0 Å². The molecule has 1 aromatic carbocycles. The number of aromatic nitrogens is 1. The number of hydrogen-bond donors (Lipinski definition) is 1. The van der Waals surface area contributed by atoms with Crippen LogP contribution in [-0.4, -0.2) is 11.5 Å². The van der Waals surface area contributed by atoms with E-state index in [4.69, 9.17) is 21.8 Å². The lowest BCUT2D eigenvalue weighted by Crippen LogP contribution is -2.11. The highest BCUT2D eigenvalue weighted by atomic mass is 35.5. The summed E-state index contributed by atoms with van der Waals surface area (Å²) in [4.78, 5) is 4.39. The van der Waals surface area contributed by atoms with Crippen molar-refractivity contribution in [2.24, 2.45) is 5.73 Å². The van der Waals surface area contributed by atoms with Crippen LogP contribution in [0.2, 0.25) is 5.02 Å². The van der Waals surface area contributed by atoms with Crippen molar-refractivity contribution >= 4 is 22.7 Å². The van der Waals surface area contributed by atoms with Crippen LogP contribution >= 0.6 is 11.6 Å². The third-order valence-electron chi connectivity index (χ3n) is 2.49. The van der Waals surface area contributed by atoms with E-state index in [1.807, 2.05) is 6.07 Å². The summed E-state index contributed by atoms with van der Waals surface area (Å²) in [6.45, 7) is 2.62. The molecule has 0 bridgehead atoms. The van der Waals surface area contributed by atoms with Crippen molar-refractivity contribution in [2.75, 3.05) is 6.54 Å². The van der Waals surface area contributed by atoms with E-state index in [-0.39, 0.29) is 5.92 Å². The third kappa shape index (κ3) is 1.98. The molecule has 0 aliphatic rings. The van der Waals surface area contributed by atoms with Crippen LogP contribution in [0.25, 0.3) is 11.1 Å². The summed E-state index contributed by atoms with van der Waals surface area (Å²) in [6.07, 6.45) is 0.928. The number of benzene rings is 1. The Kier molecular flexibility index (Phi) is 2.93. The van der Waals surface area contributed by atoms with Gasteiger partial charge >= 0.3 is 0 Å². The summed E-state index contributed by atoms with van der Waals surface area (Å²) in [7, 11) is 0. The minimum absolute atomic E-state index is 0.191. The number of fused-ring (bicyclic) bond motifs is 1. The van der Waals surface area contributed by atoms with Crippen molar-refractivity contribution in [3.8, 4) is 0 Å².